The van der Waals surface area contributed by atoms with Gasteiger partial charge >= 0.3 is 0 Å². The van der Waals surface area contributed by atoms with Crippen LogP contribution < -0.4 is 4.74 Å². The normalized spacial score (nSPS) is 19.7. The van der Waals surface area contributed by atoms with Crippen molar-refractivity contribution in [2.24, 2.45) is 7.05 Å². The second-order valence-corrected chi connectivity index (χ2v) is 6.95. The molecule has 5 nitrogen and oxygen atoms in total. The maximum Gasteiger partial charge on any atom is 0.270 e. The first-order valence-corrected chi connectivity index (χ1v) is 8.66. The molecule has 0 saturated carbocycles. The molecule has 1 aliphatic rings. The third-order valence-electron chi connectivity index (χ3n) is 5.43. The zero-order valence-corrected chi connectivity index (χ0v) is 15.3. The first-order valence-electron chi connectivity index (χ1n) is 8.66. The number of methoxy groups -OCH3 is 1. The minimum Gasteiger partial charge on any atom is -0.497 e. The van der Waals surface area contributed by atoms with Crippen molar-refractivity contribution in [3.05, 3.63) is 53.3 Å². The third-order valence-corrected chi connectivity index (χ3v) is 5.43. The van der Waals surface area contributed by atoms with Gasteiger partial charge in [-0.25, -0.2) is 0 Å². The molecule has 0 aliphatic carbocycles. The second-order valence-electron chi connectivity index (χ2n) is 6.95. The maximum absolute atomic E-state index is 13.0. The summed E-state index contributed by atoms with van der Waals surface area (Å²) < 4.78 is 7.09. The lowest BCUT2D eigenvalue weighted by atomic mass is 9.86. The quantitative estimate of drug-likeness (QED) is 0.929. The van der Waals surface area contributed by atoms with Crippen LogP contribution in [0.5, 0.6) is 5.75 Å². The smallest absolute Gasteiger partial charge is 0.270 e. The van der Waals surface area contributed by atoms with E-state index in [2.05, 4.69) is 0 Å². The molecule has 5 heteroatoms. The minimum absolute atomic E-state index is 0.0214. The van der Waals surface area contributed by atoms with Gasteiger partial charge in [0.2, 0.25) is 0 Å². The van der Waals surface area contributed by atoms with Gasteiger partial charge in [0, 0.05) is 19.3 Å². The lowest BCUT2D eigenvalue weighted by Gasteiger charge is -2.37. The van der Waals surface area contributed by atoms with E-state index >= 15 is 0 Å². The van der Waals surface area contributed by atoms with Crippen molar-refractivity contribution in [3.63, 3.8) is 0 Å². The van der Waals surface area contributed by atoms with E-state index in [0.29, 0.717) is 12.2 Å². The highest BCUT2D eigenvalue weighted by molar-refractivity contribution is 5.93. The Kier molecular flexibility index (Phi) is 4.60. The third kappa shape index (κ3) is 3.04. The summed E-state index contributed by atoms with van der Waals surface area (Å²) in [5.41, 5.74) is 1.38. The summed E-state index contributed by atoms with van der Waals surface area (Å²) in [7, 11) is 3.52. The fourth-order valence-electron chi connectivity index (χ4n) is 3.69. The molecule has 3 rings (SSSR count). The van der Waals surface area contributed by atoms with Crippen LogP contribution in [-0.4, -0.2) is 40.2 Å². The van der Waals surface area contributed by atoms with Crippen LogP contribution >= 0.6 is 0 Å². The monoisotopic (exact) mass is 342 g/mol. The second kappa shape index (κ2) is 6.56. The van der Waals surface area contributed by atoms with Crippen molar-refractivity contribution in [1.82, 2.24) is 9.47 Å². The molecule has 1 aromatic heterocycles. The first-order chi connectivity index (χ1) is 11.9. The van der Waals surface area contributed by atoms with Gasteiger partial charge in [-0.1, -0.05) is 12.1 Å². The Morgan fingerprint density at radius 2 is 1.92 bits per heavy atom. The summed E-state index contributed by atoms with van der Waals surface area (Å²) in [4.78, 5) is 14.9. The Labute approximate surface area is 148 Å². The van der Waals surface area contributed by atoms with Crippen LogP contribution in [0.2, 0.25) is 0 Å². The number of ether oxygens (including phenoxy) is 1. The fraction of sp³-hybridized carbons (Fsp3) is 0.450. The lowest BCUT2D eigenvalue weighted by molar-refractivity contribution is -0.0180. The molecule has 2 atom stereocenters. The molecule has 1 saturated heterocycles. The summed E-state index contributed by atoms with van der Waals surface area (Å²) in [6.45, 7) is 4.44. The predicted octanol–water partition coefficient (Wildman–Crippen LogP) is 2.85. The standard InChI is InChI=1S/C20H26N2O3/c1-14-7-12-17(21(14)3)19(23)22-13-5-6-18(22)20(2,24)15-8-10-16(25-4)11-9-15/h7-12,18,24H,5-6,13H2,1-4H3. The van der Waals surface area contributed by atoms with Gasteiger partial charge in [0.1, 0.15) is 17.0 Å². The molecule has 1 fully saturated rings. The van der Waals surface area contributed by atoms with Crippen molar-refractivity contribution < 1.29 is 14.6 Å². The summed E-state index contributed by atoms with van der Waals surface area (Å²) in [6.07, 6.45) is 1.68. The predicted molar refractivity (Wildman–Crippen MR) is 96.8 cm³/mol. The minimum atomic E-state index is -1.11. The molecule has 2 aromatic rings. The maximum atomic E-state index is 13.0. The lowest BCUT2D eigenvalue weighted by Crippen LogP contribution is -2.48. The highest BCUT2D eigenvalue weighted by Crippen LogP contribution is 2.36. The number of hydrogen-bond donors (Lipinski definition) is 1. The molecule has 1 amide bonds. The van der Waals surface area contributed by atoms with Crippen LogP contribution in [0.4, 0.5) is 0 Å². The summed E-state index contributed by atoms with van der Waals surface area (Å²) in [5, 5.41) is 11.2. The first kappa shape index (κ1) is 17.5. The van der Waals surface area contributed by atoms with Gasteiger partial charge in [0.15, 0.2) is 0 Å². The number of nitrogens with zero attached hydrogens (tertiary/aromatic N) is 2. The van der Waals surface area contributed by atoms with Crippen LogP contribution in [0.25, 0.3) is 0 Å². The molecular weight excluding hydrogens is 316 g/mol. The van der Waals surface area contributed by atoms with Crippen molar-refractivity contribution in [1.29, 1.82) is 0 Å². The van der Waals surface area contributed by atoms with E-state index in [-0.39, 0.29) is 11.9 Å². The number of amides is 1. The van der Waals surface area contributed by atoms with Crippen LogP contribution in [0.1, 0.15) is 41.5 Å². The molecule has 0 spiro atoms. The zero-order valence-electron chi connectivity index (χ0n) is 15.3. The van der Waals surface area contributed by atoms with Gasteiger partial charge in [0.25, 0.3) is 5.91 Å². The molecule has 2 heterocycles. The Balaban J connectivity index is 1.89. The number of aromatic nitrogens is 1. The van der Waals surface area contributed by atoms with Gasteiger partial charge in [-0.3, -0.25) is 4.79 Å². The molecule has 1 aromatic carbocycles. The molecule has 0 bridgehead atoms. The summed E-state index contributed by atoms with van der Waals surface area (Å²) in [6, 6.07) is 11.0. The molecule has 0 radical (unpaired) electrons. The number of carbonyl (C=O) groups is 1. The molecule has 2 unspecified atom stereocenters. The zero-order chi connectivity index (χ0) is 18.2. The van der Waals surface area contributed by atoms with E-state index in [1.165, 1.54) is 0 Å². The van der Waals surface area contributed by atoms with E-state index in [4.69, 9.17) is 4.74 Å². The number of rotatable bonds is 4. The van der Waals surface area contributed by atoms with E-state index in [1.807, 2.05) is 59.8 Å². The molecular formula is C20H26N2O3. The topological polar surface area (TPSA) is 54.7 Å². The van der Waals surface area contributed by atoms with E-state index in [0.717, 1.165) is 29.8 Å². The highest BCUT2D eigenvalue weighted by Gasteiger charge is 2.43. The van der Waals surface area contributed by atoms with Crippen LogP contribution in [0.3, 0.4) is 0 Å². The van der Waals surface area contributed by atoms with Gasteiger partial charge in [-0.2, -0.15) is 0 Å². The van der Waals surface area contributed by atoms with Crippen molar-refractivity contribution >= 4 is 5.91 Å². The number of carbonyl (C=O) groups excluding carboxylic acids is 1. The van der Waals surface area contributed by atoms with Gasteiger partial charge in [-0.05, 0) is 56.5 Å². The fourth-order valence-corrected chi connectivity index (χ4v) is 3.69. The van der Waals surface area contributed by atoms with Gasteiger partial charge in [-0.15, -0.1) is 0 Å². The van der Waals surface area contributed by atoms with E-state index in [9.17, 15) is 9.90 Å². The Morgan fingerprint density at radius 3 is 2.48 bits per heavy atom. The average Bonchev–Trinajstić information content (AvgIpc) is 3.23. The SMILES string of the molecule is COc1ccc(C(C)(O)C2CCCN2C(=O)c2ccc(C)n2C)cc1. The van der Waals surface area contributed by atoms with Crippen molar-refractivity contribution in [3.8, 4) is 5.75 Å². The van der Waals surface area contributed by atoms with Crippen LogP contribution in [-0.2, 0) is 12.6 Å². The Bertz CT molecular complexity index is 762. The number of aliphatic hydroxyl groups is 1. The Hall–Kier alpha value is -2.27. The Morgan fingerprint density at radius 1 is 1.24 bits per heavy atom. The molecule has 1 N–H and O–H groups in total. The van der Waals surface area contributed by atoms with E-state index in [1.54, 1.807) is 14.0 Å². The highest BCUT2D eigenvalue weighted by atomic mass is 16.5. The number of hydrogen-bond acceptors (Lipinski definition) is 3. The number of benzene rings is 1. The van der Waals surface area contributed by atoms with Crippen LogP contribution in [0, 0.1) is 6.92 Å². The van der Waals surface area contributed by atoms with Gasteiger partial charge in [0.05, 0.1) is 13.2 Å². The summed E-state index contributed by atoms with van der Waals surface area (Å²) in [5.74, 6) is 0.727. The average molecular weight is 342 g/mol. The molecule has 1 aliphatic heterocycles. The number of likely N-dealkylation sites (tertiary alicyclic amines) is 1. The van der Waals surface area contributed by atoms with Crippen LogP contribution in [0.15, 0.2) is 36.4 Å². The number of aryl methyl sites for hydroxylation is 1. The largest absolute Gasteiger partial charge is 0.497 e. The summed E-state index contributed by atoms with van der Waals surface area (Å²) >= 11 is 0. The molecule has 134 valence electrons. The van der Waals surface area contributed by atoms with E-state index < -0.39 is 5.60 Å². The molecule has 25 heavy (non-hydrogen) atoms. The van der Waals surface area contributed by atoms with Crippen molar-refractivity contribution in [2.75, 3.05) is 13.7 Å². The van der Waals surface area contributed by atoms with Gasteiger partial charge < -0.3 is 19.3 Å². The van der Waals surface area contributed by atoms with Crippen molar-refractivity contribution in [2.45, 2.75) is 38.3 Å².